The van der Waals surface area contributed by atoms with Crippen LogP contribution < -0.4 is 9.47 Å². The molecule has 1 aliphatic carbocycles. The largest absolute Gasteiger partial charge is 0.444 e. The molecule has 1 saturated carbocycles. The molecule has 2 fully saturated rings. The standard InChI is InChI=1S/C23H25ClN2O4/c1-22(2,3)30-21(27)26-11-15-16(12-26)19(15)14-6-5-7-17-20(14)29-23(4,28-17)18-9-8-13(24)10-25-18/h5-10,15-16,19H,11-12H2,1-4H3/t15-,16+,19?,23?. The molecule has 2 unspecified atom stereocenters. The molecule has 1 aromatic carbocycles. The fourth-order valence-electron chi connectivity index (χ4n) is 4.62. The minimum Gasteiger partial charge on any atom is -0.444 e. The van der Waals surface area contributed by atoms with E-state index in [1.165, 1.54) is 0 Å². The molecule has 1 saturated heterocycles. The van der Waals surface area contributed by atoms with E-state index < -0.39 is 11.4 Å². The fraction of sp³-hybridized carbons (Fsp3) is 0.478. The van der Waals surface area contributed by atoms with E-state index in [9.17, 15) is 4.79 Å². The quantitative estimate of drug-likeness (QED) is 0.676. The Kier molecular flexibility index (Phi) is 4.23. The third kappa shape index (κ3) is 3.27. The summed E-state index contributed by atoms with van der Waals surface area (Å²) in [7, 11) is 0. The van der Waals surface area contributed by atoms with Crippen molar-refractivity contribution in [3.05, 3.63) is 52.8 Å². The Hall–Kier alpha value is -2.47. The third-order valence-electron chi connectivity index (χ3n) is 6.01. The van der Waals surface area contributed by atoms with Gasteiger partial charge in [0.1, 0.15) is 11.3 Å². The van der Waals surface area contributed by atoms with E-state index in [1.54, 1.807) is 12.3 Å². The summed E-state index contributed by atoms with van der Waals surface area (Å²) in [5.74, 6) is 1.72. The smallest absolute Gasteiger partial charge is 0.410 e. The lowest BCUT2D eigenvalue weighted by molar-refractivity contribution is -0.0721. The molecule has 30 heavy (non-hydrogen) atoms. The lowest BCUT2D eigenvalue weighted by Crippen LogP contribution is -2.36. The van der Waals surface area contributed by atoms with Gasteiger partial charge in [0.15, 0.2) is 11.5 Å². The summed E-state index contributed by atoms with van der Waals surface area (Å²) in [6.45, 7) is 8.96. The van der Waals surface area contributed by atoms with Crippen molar-refractivity contribution in [1.29, 1.82) is 0 Å². The zero-order valence-corrected chi connectivity index (χ0v) is 18.3. The molecule has 2 aliphatic heterocycles. The molecule has 5 rings (SSSR count). The number of benzene rings is 1. The summed E-state index contributed by atoms with van der Waals surface area (Å²) in [4.78, 5) is 18.6. The van der Waals surface area contributed by atoms with Crippen molar-refractivity contribution in [2.75, 3.05) is 13.1 Å². The highest BCUT2D eigenvalue weighted by Gasteiger charge is 2.59. The Balaban J connectivity index is 1.32. The zero-order chi connectivity index (χ0) is 21.3. The molecule has 7 heteroatoms. The summed E-state index contributed by atoms with van der Waals surface area (Å²) >= 11 is 5.97. The van der Waals surface area contributed by atoms with Crippen LogP contribution in [-0.4, -0.2) is 34.7 Å². The minimum absolute atomic E-state index is 0.229. The third-order valence-corrected chi connectivity index (χ3v) is 6.23. The van der Waals surface area contributed by atoms with E-state index in [2.05, 4.69) is 11.1 Å². The first kappa shape index (κ1) is 19.5. The monoisotopic (exact) mass is 428 g/mol. The average molecular weight is 429 g/mol. The van der Waals surface area contributed by atoms with Gasteiger partial charge >= 0.3 is 6.09 Å². The van der Waals surface area contributed by atoms with Gasteiger partial charge in [0.25, 0.3) is 5.79 Å². The first-order valence-corrected chi connectivity index (χ1v) is 10.6. The van der Waals surface area contributed by atoms with Crippen LogP contribution in [0.15, 0.2) is 36.5 Å². The van der Waals surface area contributed by atoms with Crippen molar-refractivity contribution in [3.8, 4) is 11.5 Å². The second kappa shape index (κ2) is 6.51. The number of pyridine rings is 1. The molecule has 0 N–H and O–H groups in total. The normalized spacial score (nSPS) is 29.0. The van der Waals surface area contributed by atoms with E-state index in [0.29, 0.717) is 41.6 Å². The van der Waals surface area contributed by atoms with Crippen molar-refractivity contribution in [2.24, 2.45) is 11.8 Å². The van der Waals surface area contributed by atoms with Crippen LogP contribution in [0.3, 0.4) is 0 Å². The van der Waals surface area contributed by atoms with Crippen molar-refractivity contribution in [3.63, 3.8) is 0 Å². The molecule has 0 bridgehead atoms. The maximum absolute atomic E-state index is 12.4. The Morgan fingerprint density at radius 3 is 2.57 bits per heavy atom. The molecule has 2 aromatic rings. The average Bonchev–Trinajstić information content (AvgIpc) is 3.00. The van der Waals surface area contributed by atoms with Crippen LogP contribution in [0.25, 0.3) is 0 Å². The topological polar surface area (TPSA) is 60.9 Å². The van der Waals surface area contributed by atoms with Crippen LogP contribution in [0.5, 0.6) is 11.5 Å². The van der Waals surface area contributed by atoms with Crippen molar-refractivity contribution in [2.45, 2.75) is 45.0 Å². The van der Waals surface area contributed by atoms with Gasteiger partial charge in [0, 0.05) is 31.8 Å². The number of carbonyl (C=O) groups is 1. The number of aromatic nitrogens is 1. The summed E-state index contributed by atoms with van der Waals surface area (Å²) < 4.78 is 18.0. The lowest BCUT2D eigenvalue weighted by atomic mass is 10.1. The summed E-state index contributed by atoms with van der Waals surface area (Å²) in [6.07, 6.45) is 1.36. The summed E-state index contributed by atoms with van der Waals surface area (Å²) in [5, 5.41) is 0.568. The van der Waals surface area contributed by atoms with E-state index in [0.717, 1.165) is 17.1 Å². The van der Waals surface area contributed by atoms with E-state index in [4.69, 9.17) is 25.8 Å². The second-order valence-corrected chi connectivity index (χ2v) is 9.86. The molecular weight excluding hydrogens is 404 g/mol. The van der Waals surface area contributed by atoms with Gasteiger partial charge in [-0.2, -0.15) is 0 Å². The molecule has 1 amide bonds. The Morgan fingerprint density at radius 1 is 1.20 bits per heavy atom. The number of carbonyl (C=O) groups excluding carboxylic acids is 1. The molecule has 0 spiro atoms. The molecule has 6 nitrogen and oxygen atoms in total. The fourth-order valence-corrected chi connectivity index (χ4v) is 4.73. The first-order chi connectivity index (χ1) is 14.1. The molecule has 3 aliphatic rings. The number of hydrogen-bond acceptors (Lipinski definition) is 5. The van der Waals surface area contributed by atoms with Gasteiger partial charge in [-0.1, -0.05) is 23.7 Å². The van der Waals surface area contributed by atoms with Crippen LogP contribution in [-0.2, 0) is 10.5 Å². The number of para-hydroxylation sites is 1. The predicted molar refractivity (Wildman–Crippen MR) is 112 cm³/mol. The van der Waals surface area contributed by atoms with Gasteiger partial charge in [-0.3, -0.25) is 4.98 Å². The van der Waals surface area contributed by atoms with Gasteiger partial charge in [-0.15, -0.1) is 0 Å². The lowest BCUT2D eigenvalue weighted by Gasteiger charge is -2.26. The summed E-state index contributed by atoms with van der Waals surface area (Å²) in [6, 6.07) is 9.62. The van der Waals surface area contributed by atoms with E-state index >= 15 is 0 Å². The minimum atomic E-state index is -0.991. The van der Waals surface area contributed by atoms with E-state index in [-0.39, 0.29) is 6.09 Å². The predicted octanol–water partition coefficient (Wildman–Crippen LogP) is 4.96. The Labute approximate surface area is 181 Å². The number of halogens is 1. The maximum atomic E-state index is 12.4. The van der Waals surface area contributed by atoms with Gasteiger partial charge in [0.2, 0.25) is 0 Å². The number of amides is 1. The van der Waals surface area contributed by atoms with Gasteiger partial charge < -0.3 is 19.1 Å². The molecule has 1 aromatic heterocycles. The first-order valence-electron chi connectivity index (χ1n) is 10.3. The van der Waals surface area contributed by atoms with Gasteiger partial charge in [0.05, 0.1) is 5.02 Å². The molecule has 3 heterocycles. The highest BCUT2D eigenvalue weighted by Crippen LogP contribution is 2.62. The van der Waals surface area contributed by atoms with Crippen LogP contribution in [0.4, 0.5) is 4.79 Å². The van der Waals surface area contributed by atoms with Gasteiger partial charge in [-0.25, -0.2) is 4.79 Å². The zero-order valence-electron chi connectivity index (χ0n) is 17.5. The molecule has 4 atom stereocenters. The Bertz CT molecular complexity index is 991. The highest BCUT2D eigenvalue weighted by molar-refractivity contribution is 6.30. The van der Waals surface area contributed by atoms with Crippen LogP contribution in [0.1, 0.15) is 44.9 Å². The van der Waals surface area contributed by atoms with Crippen LogP contribution >= 0.6 is 11.6 Å². The number of likely N-dealkylation sites (tertiary alicyclic amines) is 1. The van der Waals surface area contributed by atoms with Crippen LogP contribution in [0, 0.1) is 11.8 Å². The molecular formula is C23H25ClN2O4. The number of piperidine rings is 1. The SMILES string of the molecule is CC(C)(C)OC(=O)N1C[C@@H]2C(c3cccc4c3OC(C)(c3ccc(Cl)cn3)O4)[C@@H]2C1. The van der Waals surface area contributed by atoms with Crippen molar-refractivity contribution >= 4 is 17.7 Å². The number of ether oxygens (including phenoxy) is 3. The maximum Gasteiger partial charge on any atom is 0.410 e. The molecule has 0 radical (unpaired) electrons. The number of hydrogen-bond donors (Lipinski definition) is 0. The second-order valence-electron chi connectivity index (χ2n) is 9.42. The Morgan fingerprint density at radius 2 is 1.93 bits per heavy atom. The summed E-state index contributed by atoms with van der Waals surface area (Å²) in [5.41, 5.74) is 1.33. The molecule has 158 valence electrons. The number of nitrogens with zero attached hydrogens (tertiary/aromatic N) is 2. The number of rotatable bonds is 2. The van der Waals surface area contributed by atoms with Crippen molar-refractivity contribution < 1.29 is 19.0 Å². The number of fused-ring (bicyclic) bond motifs is 2. The van der Waals surface area contributed by atoms with Crippen molar-refractivity contribution in [1.82, 2.24) is 9.88 Å². The van der Waals surface area contributed by atoms with Gasteiger partial charge in [-0.05, 0) is 56.7 Å². The van der Waals surface area contributed by atoms with E-state index in [1.807, 2.05) is 50.8 Å². The van der Waals surface area contributed by atoms with Crippen LogP contribution in [0.2, 0.25) is 5.02 Å². The highest BCUT2D eigenvalue weighted by atomic mass is 35.5.